The van der Waals surface area contributed by atoms with E-state index in [1.165, 1.54) is 5.56 Å². The number of aryl methyl sites for hydroxylation is 1. The highest BCUT2D eigenvalue weighted by atomic mass is 16.2. The van der Waals surface area contributed by atoms with Crippen molar-refractivity contribution in [1.29, 1.82) is 0 Å². The Hall–Kier alpha value is -2.18. The van der Waals surface area contributed by atoms with Crippen LogP contribution in [0.4, 0.5) is 0 Å². The van der Waals surface area contributed by atoms with Gasteiger partial charge in [0.1, 0.15) is 5.71 Å². The Labute approximate surface area is 129 Å². The first kappa shape index (κ1) is 14.7. The molecule has 0 aromatic carbocycles. The summed E-state index contributed by atoms with van der Waals surface area (Å²) in [5.41, 5.74) is 3.95. The molecule has 1 aromatic heterocycles. The van der Waals surface area contributed by atoms with Crippen LogP contribution in [0.3, 0.4) is 0 Å². The second kappa shape index (κ2) is 6.29. The topological polar surface area (TPSA) is 88.4 Å². The van der Waals surface area contributed by atoms with Gasteiger partial charge in [-0.05, 0) is 38.2 Å². The molecule has 22 heavy (non-hydrogen) atoms. The molecule has 1 aliphatic carbocycles. The third-order valence-electron chi connectivity index (χ3n) is 4.30. The number of carbonyl (C=O) groups excluding carboxylic acids is 2. The van der Waals surface area contributed by atoms with Crippen LogP contribution in [0.1, 0.15) is 50.1 Å². The maximum atomic E-state index is 12.1. The molecule has 0 radical (unpaired) electrons. The minimum atomic E-state index is -0.154. The molecular formula is C15H21N5O2. The van der Waals surface area contributed by atoms with Gasteiger partial charge in [-0.2, -0.15) is 10.2 Å². The Kier molecular flexibility index (Phi) is 4.22. The van der Waals surface area contributed by atoms with Crippen molar-refractivity contribution in [2.45, 2.75) is 57.5 Å². The third kappa shape index (κ3) is 3.35. The molecule has 2 amide bonds. The predicted molar refractivity (Wildman–Crippen MR) is 81.2 cm³/mol. The molecule has 1 aromatic rings. The van der Waals surface area contributed by atoms with Crippen LogP contribution in [0.2, 0.25) is 0 Å². The summed E-state index contributed by atoms with van der Waals surface area (Å²) in [7, 11) is 0. The second-order valence-electron chi connectivity index (χ2n) is 6.07. The van der Waals surface area contributed by atoms with Crippen LogP contribution in [0, 0.1) is 6.92 Å². The van der Waals surface area contributed by atoms with Crippen molar-refractivity contribution in [2.24, 2.45) is 5.10 Å². The number of nitrogens with zero attached hydrogens (tertiary/aromatic N) is 3. The van der Waals surface area contributed by atoms with Crippen molar-refractivity contribution in [3.63, 3.8) is 0 Å². The molecule has 3 rings (SSSR count). The summed E-state index contributed by atoms with van der Waals surface area (Å²) < 4.78 is 2.04. The first-order chi connectivity index (χ1) is 10.6. The summed E-state index contributed by atoms with van der Waals surface area (Å²) in [6.07, 6.45) is 8.60. The molecule has 2 N–H and O–H groups in total. The lowest BCUT2D eigenvalue weighted by molar-refractivity contribution is -0.121. The Morgan fingerprint density at radius 1 is 1.32 bits per heavy atom. The highest BCUT2D eigenvalue weighted by Crippen LogP contribution is 2.28. The van der Waals surface area contributed by atoms with Gasteiger partial charge < -0.3 is 5.32 Å². The molecule has 0 atom stereocenters. The van der Waals surface area contributed by atoms with Gasteiger partial charge in [0.2, 0.25) is 5.91 Å². The molecule has 1 aliphatic heterocycles. The normalized spacial score (nSPS) is 25.3. The molecule has 0 spiro atoms. The van der Waals surface area contributed by atoms with E-state index in [9.17, 15) is 9.59 Å². The summed E-state index contributed by atoms with van der Waals surface area (Å²) in [6, 6.07) is 0.605. The van der Waals surface area contributed by atoms with Crippen LogP contribution in [0.25, 0.3) is 0 Å². The molecule has 0 unspecified atom stereocenters. The summed E-state index contributed by atoms with van der Waals surface area (Å²) in [5.74, 6) is -0.287. The average molecular weight is 303 g/mol. The fourth-order valence-electron chi connectivity index (χ4n) is 3.02. The Morgan fingerprint density at radius 3 is 2.68 bits per heavy atom. The number of rotatable bonds is 3. The lowest BCUT2D eigenvalue weighted by Crippen LogP contribution is -2.43. The monoisotopic (exact) mass is 303 g/mol. The molecule has 118 valence electrons. The number of nitrogens with one attached hydrogen (secondary N) is 2. The van der Waals surface area contributed by atoms with Gasteiger partial charge in [-0.25, -0.2) is 5.43 Å². The maximum absolute atomic E-state index is 12.1. The number of amides is 2. The van der Waals surface area contributed by atoms with Gasteiger partial charge in [0.25, 0.3) is 5.91 Å². The summed E-state index contributed by atoms with van der Waals surface area (Å²) in [6.45, 7) is 2.04. The highest BCUT2D eigenvalue weighted by molar-refractivity contribution is 6.39. The second-order valence-corrected chi connectivity index (χ2v) is 6.07. The van der Waals surface area contributed by atoms with Crippen LogP contribution in [0.5, 0.6) is 0 Å². The number of carbonyl (C=O) groups is 2. The maximum Gasteiger partial charge on any atom is 0.267 e. The van der Waals surface area contributed by atoms with Gasteiger partial charge in [-0.15, -0.1) is 0 Å². The van der Waals surface area contributed by atoms with E-state index in [1.807, 2.05) is 17.8 Å². The van der Waals surface area contributed by atoms with Gasteiger partial charge in [-0.1, -0.05) is 0 Å². The van der Waals surface area contributed by atoms with Crippen LogP contribution in [-0.4, -0.2) is 33.3 Å². The van der Waals surface area contributed by atoms with E-state index in [-0.39, 0.29) is 17.9 Å². The molecule has 0 bridgehead atoms. The lowest BCUT2D eigenvalue weighted by Gasteiger charge is -2.29. The van der Waals surface area contributed by atoms with E-state index < -0.39 is 0 Å². The lowest BCUT2D eigenvalue weighted by atomic mass is 9.91. The van der Waals surface area contributed by atoms with Crippen molar-refractivity contribution in [3.05, 3.63) is 18.0 Å². The predicted octanol–water partition coefficient (Wildman–Crippen LogP) is 1.06. The van der Waals surface area contributed by atoms with E-state index in [0.29, 0.717) is 24.6 Å². The van der Waals surface area contributed by atoms with Gasteiger partial charge in [0, 0.05) is 25.1 Å². The first-order valence-corrected chi connectivity index (χ1v) is 7.79. The van der Waals surface area contributed by atoms with E-state index in [4.69, 9.17) is 0 Å². The Balaban J connectivity index is 1.49. The van der Waals surface area contributed by atoms with Crippen molar-refractivity contribution < 1.29 is 9.59 Å². The molecule has 2 heterocycles. The molecule has 0 saturated heterocycles. The van der Waals surface area contributed by atoms with Crippen molar-refractivity contribution in [2.75, 3.05) is 0 Å². The van der Waals surface area contributed by atoms with Crippen LogP contribution in [0.15, 0.2) is 17.5 Å². The van der Waals surface area contributed by atoms with Crippen molar-refractivity contribution >= 4 is 17.5 Å². The number of hydrazone groups is 1. The quantitative estimate of drug-likeness (QED) is 0.875. The zero-order valence-corrected chi connectivity index (χ0v) is 12.7. The molecule has 1 saturated carbocycles. The minimum Gasteiger partial charge on any atom is -0.348 e. The van der Waals surface area contributed by atoms with E-state index in [0.717, 1.165) is 25.7 Å². The summed E-state index contributed by atoms with van der Waals surface area (Å²) in [5, 5.41) is 11.2. The summed E-state index contributed by atoms with van der Waals surface area (Å²) in [4.78, 5) is 23.2. The number of hydrogen-bond acceptors (Lipinski definition) is 4. The van der Waals surface area contributed by atoms with E-state index >= 15 is 0 Å². The van der Waals surface area contributed by atoms with Crippen LogP contribution >= 0.6 is 0 Å². The van der Waals surface area contributed by atoms with Crippen LogP contribution in [-0.2, 0) is 9.59 Å². The standard InChI is InChI=1S/C15H21N5O2/c1-10-8-16-20(9-10)12-4-2-11(3-5-12)17-15(22)13-6-7-14(21)19-18-13/h8-9,11-12H,2-7H2,1H3,(H,17,22)(H,19,21). The number of hydrogen-bond donors (Lipinski definition) is 2. The number of aromatic nitrogens is 2. The highest BCUT2D eigenvalue weighted by Gasteiger charge is 2.26. The molecule has 7 nitrogen and oxygen atoms in total. The van der Waals surface area contributed by atoms with Crippen molar-refractivity contribution in [3.8, 4) is 0 Å². The zero-order valence-electron chi connectivity index (χ0n) is 12.7. The first-order valence-electron chi connectivity index (χ1n) is 7.79. The van der Waals surface area contributed by atoms with Gasteiger partial charge in [0.05, 0.1) is 12.2 Å². The largest absolute Gasteiger partial charge is 0.348 e. The molecular weight excluding hydrogens is 282 g/mol. The van der Waals surface area contributed by atoms with E-state index in [2.05, 4.69) is 27.1 Å². The SMILES string of the molecule is Cc1cnn(C2CCC(NC(=O)C3=NNC(=O)CC3)CC2)c1. The Bertz CT molecular complexity index is 599. The fourth-order valence-corrected chi connectivity index (χ4v) is 3.02. The van der Waals surface area contributed by atoms with Gasteiger partial charge >= 0.3 is 0 Å². The van der Waals surface area contributed by atoms with Gasteiger partial charge in [-0.3, -0.25) is 14.3 Å². The third-order valence-corrected chi connectivity index (χ3v) is 4.30. The zero-order chi connectivity index (χ0) is 15.5. The smallest absolute Gasteiger partial charge is 0.267 e. The average Bonchev–Trinajstić information content (AvgIpc) is 2.95. The molecule has 7 heteroatoms. The van der Waals surface area contributed by atoms with E-state index in [1.54, 1.807) is 0 Å². The van der Waals surface area contributed by atoms with Gasteiger partial charge in [0.15, 0.2) is 0 Å². The molecule has 1 fully saturated rings. The van der Waals surface area contributed by atoms with Crippen molar-refractivity contribution in [1.82, 2.24) is 20.5 Å². The summed E-state index contributed by atoms with van der Waals surface area (Å²) >= 11 is 0. The molecule has 2 aliphatic rings. The fraction of sp³-hybridized carbons (Fsp3) is 0.600. The van der Waals surface area contributed by atoms with Crippen LogP contribution < -0.4 is 10.7 Å². The minimum absolute atomic E-state index is 0.133. The Morgan fingerprint density at radius 2 is 2.09 bits per heavy atom.